The summed E-state index contributed by atoms with van der Waals surface area (Å²) < 4.78 is 0. The molecule has 7 heteroatoms. The first-order valence-corrected chi connectivity index (χ1v) is 10.7. The topological polar surface area (TPSA) is 84.3 Å². The van der Waals surface area contributed by atoms with Crippen LogP contribution in [0.1, 0.15) is 39.5 Å². The molecule has 0 fully saturated rings. The SMILES string of the molecule is CCN(C(=O)/C=C/CN(C)C)c1cccc2c1CN(C(=O)c1c(O)cc(O)c(C)c1C)C2. The molecule has 0 spiro atoms. The van der Waals surface area contributed by atoms with Crippen LogP contribution in [-0.2, 0) is 17.9 Å². The van der Waals surface area contributed by atoms with Crippen molar-refractivity contribution in [3.05, 3.63) is 64.2 Å². The number of fused-ring (bicyclic) bond motifs is 1. The largest absolute Gasteiger partial charge is 0.508 e. The van der Waals surface area contributed by atoms with Gasteiger partial charge in [-0.05, 0) is 57.6 Å². The van der Waals surface area contributed by atoms with Crippen molar-refractivity contribution < 1.29 is 19.8 Å². The number of hydrogen-bond acceptors (Lipinski definition) is 5. The zero-order valence-electron chi connectivity index (χ0n) is 19.3. The van der Waals surface area contributed by atoms with Crippen molar-refractivity contribution in [3.63, 3.8) is 0 Å². The third-order valence-electron chi connectivity index (χ3n) is 5.91. The van der Waals surface area contributed by atoms with Crippen LogP contribution in [-0.4, -0.2) is 59.0 Å². The zero-order chi connectivity index (χ0) is 23.6. The maximum atomic E-state index is 13.3. The molecule has 0 bridgehead atoms. The van der Waals surface area contributed by atoms with Crippen LogP contribution in [0, 0.1) is 13.8 Å². The molecule has 2 aromatic carbocycles. The van der Waals surface area contributed by atoms with Crippen LogP contribution in [0.2, 0.25) is 0 Å². The number of phenolic OH excluding ortho intramolecular Hbond substituents is 2. The number of hydrogen-bond donors (Lipinski definition) is 2. The number of carbonyl (C=O) groups is 2. The molecule has 0 unspecified atom stereocenters. The van der Waals surface area contributed by atoms with Gasteiger partial charge in [-0.1, -0.05) is 18.2 Å². The highest BCUT2D eigenvalue weighted by molar-refractivity contribution is 6.03. The first kappa shape index (κ1) is 23.3. The van der Waals surface area contributed by atoms with Gasteiger partial charge in [0, 0.05) is 49.6 Å². The molecular weight excluding hydrogens is 406 g/mol. The fraction of sp³-hybridized carbons (Fsp3) is 0.360. The Kier molecular flexibility index (Phi) is 6.89. The maximum Gasteiger partial charge on any atom is 0.258 e. The second-order valence-electron chi connectivity index (χ2n) is 8.36. The summed E-state index contributed by atoms with van der Waals surface area (Å²) in [5, 5.41) is 20.3. The van der Waals surface area contributed by atoms with Crippen LogP contribution in [0.25, 0.3) is 0 Å². The van der Waals surface area contributed by atoms with Crippen LogP contribution in [0.4, 0.5) is 5.69 Å². The monoisotopic (exact) mass is 437 g/mol. The number of phenols is 2. The van der Waals surface area contributed by atoms with Crippen molar-refractivity contribution in [1.29, 1.82) is 0 Å². The summed E-state index contributed by atoms with van der Waals surface area (Å²) in [6.45, 7) is 7.27. The molecule has 0 saturated carbocycles. The molecule has 2 aromatic rings. The second-order valence-corrected chi connectivity index (χ2v) is 8.36. The third kappa shape index (κ3) is 4.48. The predicted octanol–water partition coefficient (Wildman–Crippen LogP) is 3.34. The Labute approximate surface area is 189 Å². The van der Waals surface area contributed by atoms with E-state index in [4.69, 9.17) is 0 Å². The number of anilines is 1. The van der Waals surface area contributed by atoms with Gasteiger partial charge in [0.15, 0.2) is 0 Å². The highest BCUT2D eigenvalue weighted by atomic mass is 16.3. The summed E-state index contributed by atoms with van der Waals surface area (Å²) >= 11 is 0. The third-order valence-corrected chi connectivity index (χ3v) is 5.91. The van der Waals surface area contributed by atoms with E-state index in [2.05, 4.69) is 0 Å². The van der Waals surface area contributed by atoms with Crippen molar-refractivity contribution in [1.82, 2.24) is 9.80 Å². The van der Waals surface area contributed by atoms with Gasteiger partial charge in [0.25, 0.3) is 11.8 Å². The molecule has 0 saturated heterocycles. The minimum atomic E-state index is -0.300. The average Bonchev–Trinajstić information content (AvgIpc) is 3.17. The standard InChI is InChI=1S/C25H31N3O4/c1-6-28(23(31)11-8-12-26(4)5)20-10-7-9-18-14-27(15-19(18)20)25(32)24-17(3)16(2)21(29)13-22(24)30/h7-11,13,29-30H,6,12,14-15H2,1-5H3/b11-8+. The molecule has 2 amide bonds. The molecule has 2 N–H and O–H groups in total. The van der Waals surface area contributed by atoms with Crippen molar-refractivity contribution in [2.24, 2.45) is 0 Å². The smallest absolute Gasteiger partial charge is 0.258 e. The second kappa shape index (κ2) is 9.44. The molecular formula is C25H31N3O4. The number of nitrogens with zero attached hydrogens (tertiary/aromatic N) is 3. The molecule has 0 atom stereocenters. The summed E-state index contributed by atoms with van der Waals surface area (Å²) in [6.07, 6.45) is 3.42. The summed E-state index contributed by atoms with van der Waals surface area (Å²) in [6, 6.07) is 6.97. The minimum absolute atomic E-state index is 0.0389. The van der Waals surface area contributed by atoms with Gasteiger partial charge >= 0.3 is 0 Å². The van der Waals surface area contributed by atoms with E-state index in [-0.39, 0.29) is 28.9 Å². The first-order valence-electron chi connectivity index (χ1n) is 10.7. The Morgan fingerprint density at radius 1 is 1.09 bits per heavy atom. The van der Waals surface area contributed by atoms with Gasteiger partial charge in [-0.2, -0.15) is 0 Å². The molecule has 0 aromatic heterocycles. The van der Waals surface area contributed by atoms with Crippen molar-refractivity contribution in [2.45, 2.75) is 33.9 Å². The van der Waals surface area contributed by atoms with Gasteiger partial charge in [0.2, 0.25) is 0 Å². The number of carbonyl (C=O) groups excluding carboxylic acids is 2. The summed E-state index contributed by atoms with van der Waals surface area (Å²) in [5.41, 5.74) is 4.03. The lowest BCUT2D eigenvalue weighted by Gasteiger charge is -2.23. The van der Waals surface area contributed by atoms with Crippen LogP contribution < -0.4 is 4.90 Å². The van der Waals surface area contributed by atoms with Crippen molar-refractivity contribution in [3.8, 4) is 11.5 Å². The highest BCUT2D eigenvalue weighted by Gasteiger charge is 2.31. The number of amides is 2. The molecule has 3 rings (SSSR count). The van der Waals surface area contributed by atoms with E-state index in [0.29, 0.717) is 37.3 Å². The van der Waals surface area contributed by atoms with Gasteiger partial charge in [-0.25, -0.2) is 0 Å². The fourth-order valence-electron chi connectivity index (χ4n) is 4.01. The molecule has 1 aliphatic rings. The van der Waals surface area contributed by atoms with Crippen molar-refractivity contribution >= 4 is 17.5 Å². The average molecular weight is 438 g/mol. The van der Waals surface area contributed by atoms with E-state index in [1.54, 1.807) is 29.7 Å². The van der Waals surface area contributed by atoms with E-state index in [0.717, 1.165) is 16.8 Å². The molecule has 1 aliphatic heterocycles. The van der Waals surface area contributed by atoms with Gasteiger partial charge in [0.1, 0.15) is 11.5 Å². The number of aromatic hydroxyl groups is 2. The van der Waals surface area contributed by atoms with Gasteiger partial charge in [-0.15, -0.1) is 0 Å². The van der Waals surface area contributed by atoms with E-state index < -0.39 is 0 Å². The molecule has 0 aliphatic carbocycles. The van der Waals surface area contributed by atoms with Crippen molar-refractivity contribution in [2.75, 3.05) is 32.1 Å². The summed E-state index contributed by atoms with van der Waals surface area (Å²) in [4.78, 5) is 31.5. The quantitative estimate of drug-likeness (QED) is 0.677. The summed E-state index contributed by atoms with van der Waals surface area (Å²) in [5.74, 6) is -0.674. The van der Waals surface area contributed by atoms with E-state index in [1.165, 1.54) is 6.07 Å². The first-order chi connectivity index (χ1) is 15.1. The molecule has 1 heterocycles. The minimum Gasteiger partial charge on any atom is -0.508 e. The predicted molar refractivity (Wildman–Crippen MR) is 125 cm³/mol. The van der Waals surface area contributed by atoms with Gasteiger partial charge < -0.3 is 24.9 Å². The van der Waals surface area contributed by atoms with E-state index in [1.807, 2.05) is 50.2 Å². The van der Waals surface area contributed by atoms with Crippen LogP contribution in [0.5, 0.6) is 11.5 Å². The Hall–Kier alpha value is -3.32. The molecule has 0 radical (unpaired) electrons. The Morgan fingerprint density at radius 3 is 2.47 bits per heavy atom. The number of likely N-dealkylation sites (N-methyl/N-ethyl adjacent to an activating group) is 2. The molecule has 170 valence electrons. The van der Waals surface area contributed by atoms with E-state index in [9.17, 15) is 19.8 Å². The Balaban J connectivity index is 1.89. The zero-order valence-corrected chi connectivity index (χ0v) is 19.3. The highest BCUT2D eigenvalue weighted by Crippen LogP contribution is 2.36. The molecule has 7 nitrogen and oxygen atoms in total. The van der Waals surface area contributed by atoms with Gasteiger partial charge in [-0.3, -0.25) is 9.59 Å². The Bertz CT molecular complexity index is 1080. The lowest BCUT2D eigenvalue weighted by Crippen LogP contribution is -2.30. The normalized spacial score (nSPS) is 13.1. The van der Waals surface area contributed by atoms with Gasteiger partial charge in [0.05, 0.1) is 5.56 Å². The van der Waals surface area contributed by atoms with Crippen LogP contribution in [0.3, 0.4) is 0 Å². The van der Waals surface area contributed by atoms with Crippen LogP contribution >= 0.6 is 0 Å². The lowest BCUT2D eigenvalue weighted by molar-refractivity contribution is -0.114. The maximum absolute atomic E-state index is 13.3. The fourth-order valence-corrected chi connectivity index (χ4v) is 4.01. The lowest BCUT2D eigenvalue weighted by atomic mass is 10.00. The van der Waals surface area contributed by atoms with E-state index >= 15 is 0 Å². The number of benzene rings is 2. The Morgan fingerprint density at radius 2 is 1.81 bits per heavy atom. The molecule has 32 heavy (non-hydrogen) atoms. The van der Waals surface area contributed by atoms with Crippen LogP contribution in [0.15, 0.2) is 36.4 Å². The summed E-state index contributed by atoms with van der Waals surface area (Å²) in [7, 11) is 3.88. The number of rotatable bonds is 6.